The zero-order valence-electron chi connectivity index (χ0n) is 20.3. The highest BCUT2D eigenvalue weighted by atomic mass is 16.5. The summed E-state index contributed by atoms with van der Waals surface area (Å²) in [7, 11) is 1.59. The van der Waals surface area contributed by atoms with Crippen LogP contribution in [-0.2, 0) is 11.3 Å². The molecule has 1 fully saturated rings. The number of ether oxygens (including phenoxy) is 2. The topological polar surface area (TPSA) is 117 Å². The first-order valence-corrected chi connectivity index (χ1v) is 12.1. The summed E-state index contributed by atoms with van der Waals surface area (Å²) in [4.78, 5) is 20.7. The van der Waals surface area contributed by atoms with Gasteiger partial charge in [0.15, 0.2) is 5.65 Å². The van der Waals surface area contributed by atoms with E-state index in [-0.39, 0.29) is 6.04 Å². The van der Waals surface area contributed by atoms with Crippen molar-refractivity contribution in [3.63, 3.8) is 0 Å². The molecule has 2 N–H and O–H groups in total. The van der Waals surface area contributed by atoms with E-state index < -0.39 is 0 Å². The normalized spacial score (nSPS) is 17.1. The highest BCUT2D eigenvalue weighted by molar-refractivity contribution is 5.99. The Bertz CT molecular complexity index is 1430. The molecule has 36 heavy (non-hydrogen) atoms. The Morgan fingerprint density at radius 2 is 1.97 bits per heavy atom. The van der Waals surface area contributed by atoms with E-state index in [9.17, 15) is 0 Å². The summed E-state index contributed by atoms with van der Waals surface area (Å²) in [5.41, 5.74) is 10.4. The molecule has 3 aromatic heterocycles. The second-order valence-corrected chi connectivity index (χ2v) is 9.15. The largest absolute Gasteiger partial charge is 0.481 e. The Kier molecular flexibility index (Phi) is 5.73. The average molecular weight is 485 g/mol. The van der Waals surface area contributed by atoms with E-state index in [0.717, 1.165) is 35.5 Å². The number of hydrogen-bond donors (Lipinski definition) is 1. The van der Waals surface area contributed by atoms with Crippen LogP contribution in [0.1, 0.15) is 37.8 Å². The minimum Gasteiger partial charge on any atom is -0.481 e. The highest BCUT2D eigenvalue weighted by Crippen LogP contribution is 2.35. The number of amidine groups is 1. The molecular weight excluding hydrogens is 456 g/mol. The molecule has 6 rings (SSSR count). The maximum Gasteiger partial charge on any atom is 0.212 e. The SMILES string of the molecule is COc1ccc(-c2nn(C(C)C3=Nc4ccccc4COCN3C3CCC3)c3ncnc(N)c23)cn1. The van der Waals surface area contributed by atoms with Gasteiger partial charge >= 0.3 is 0 Å². The molecule has 4 aromatic rings. The summed E-state index contributed by atoms with van der Waals surface area (Å²) >= 11 is 0. The minimum atomic E-state index is -0.239. The fourth-order valence-corrected chi connectivity index (χ4v) is 4.79. The molecule has 0 saturated heterocycles. The Balaban J connectivity index is 1.51. The molecule has 10 nitrogen and oxygen atoms in total. The second-order valence-electron chi connectivity index (χ2n) is 9.15. The predicted octanol–water partition coefficient (Wildman–Crippen LogP) is 4.11. The van der Waals surface area contributed by atoms with Crippen LogP contribution in [0.2, 0.25) is 0 Å². The first kappa shape index (κ1) is 22.4. The van der Waals surface area contributed by atoms with Gasteiger partial charge in [-0.2, -0.15) is 5.10 Å². The van der Waals surface area contributed by atoms with Crippen molar-refractivity contribution in [2.45, 2.75) is 44.9 Å². The molecule has 2 aliphatic rings. The molecule has 0 bridgehead atoms. The Hall–Kier alpha value is -4.05. The van der Waals surface area contributed by atoms with Gasteiger partial charge in [0, 0.05) is 29.4 Å². The summed E-state index contributed by atoms with van der Waals surface area (Å²) in [6, 6.07) is 12.0. The number of pyridine rings is 1. The summed E-state index contributed by atoms with van der Waals surface area (Å²) in [6.07, 6.45) is 6.65. The molecule has 1 aromatic carbocycles. The third kappa shape index (κ3) is 3.83. The van der Waals surface area contributed by atoms with Gasteiger partial charge in [-0.1, -0.05) is 18.2 Å². The second kappa shape index (κ2) is 9.19. The van der Waals surface area contributed by atoms with Crippen molar-refractivity contribution in [3.05, 3.63) is 54.5 Å². The number of anilines is 1. The third-order valence-electron chi connectivity index (χ3n) is 7.00. The van der Waals surface area contributed by atoms with Gasteiger partial charge in [0.1, 0.15) is 36.4 Å². The fraction of sp³-hybridized carbons (Fsp3) is 0.346. The van der Waals surface area contributed by atoms with Gasteiger partial charge in [-0.25, -0.2) is 24.6 Å². The monoisotopic (exact) mass is 484 g/mol. The van der Waals surface area contributed by atoms with Gasteiger partial charge in [0.2, 0.25) is 5.88 Å². The number of hydrogen-bond acceptors (Lipinski definition) is 9. The lowest BCUT2D eigenvalue weighted by Gasteiger charge is -2.41. The molecule has 1 aliphatic carbocycles. The van der Waals surface area contributed by atoms with E-state index in [1.54, 1.807) is 19.4 Å². The zero-order chi connectivity index (χ0) is 24.6. The molecule has 10 heteroatoms. The van der Waals surface area contributed by atoms with Crippen LogP contribution in [0.4, 0.5) is 11.5 Å². The van der Waals surface area contributed by atoms with Crippen LogP contribution in [0.5, 0.6) is 5.88 Å². The minimum absolute atomic E-state index is 0.239. The maximum absolute atomic E-state index is 6.35. The van der Waals surface area contributed by atoms with Gasteiger partial charge in [0.05, 0.1) is 24.8 Å². The molecular formula is C26H28N8O2. The number of fused-ring (bicyclic) bond motifs is 2. The number of nitrogens with two attached hydrogens (primary N) is 1. The van der Waals surface area contributed by atoms with E-state index in [1.165, 1.54) is 12.7 Å². The van der Waals surface area contributed by atoms with Crippen molar-refractivity contribution in [1.29, 1.82) is 0 Å². The number of aromatic nitrogens is 5. The number of para-hydroxylation sites is 1. The van der Waals surface area contributed by atoms with Crippen LogP contribution < -0.4 is 10.5 Å². The number of aliphatic imine (C=N–C) groups is 1. The number of methoxy groups -OCH3 is 1. The molecule has 1 atom stereocenters. The van der Waals surface area contributed by atoms with Crippen molar-refractivity contribution < 1.29 is 9.47 Å². The van der Waals surface area contributed by atoms with Crippen molar-refractivity contribution >= 4 is 28.4 Å². The molecule has 1 saturated carbocycles. The van der Waals surface area contributed by atoms with E-state index >= 15 is 0 Å². The number of benzene rings is 1. The van der Waals surface area contributed by atoms with E-state index in [1.807, 2.05) is 28.9 Å². The smallest absolute Gasteiger partial charge is 0.212 e. The van der Waals surface area contributed by atoms with Crippen molar-refractivity contribution in [1.82, 2.24) is 29.6 Å². The summed E-state index contributed by atoms with van der Waals surface area (Å²) in [6.45, 7) is 3.11. The third-order valence-corrected chi connectivity index (χ3v) is 7.00. The van der Waals surface area contributed by atoms with Gasteiger partial charge < -0.3 is 20.1 Å². The molecule has 0 amide bonds. The van der Waals surface area contributed by atoms with Crippen molar-refractivity contribution in [2.75, 3.05) is 19.6 Å². The first-order valence-electron chi connectivity index (χ1n) is 12.1. The Morgan fingerprint density at radius 3 is 2.72 bits per heavy atom. The molecule has 1 unspecified atom stereocenters. The van der Waals surface area contributed by atoms with Crippen molar-refractivity contribution in [3.8, 4) is 17.1 Å². The molecule has 1 aliphatic heterocycles. The van der Waals surface area contributed by atoms with Crippen LogP contribution >= 0.6 is 0 Å². The Morgan fingerprint density at radius 1 is 1.11 bits per heavy atom. The number of nitrogens with zero attached hydrogens (tertiary/aromatic N) is 7. The van der Waals surface area contributed by atoms with Gasteiger partial charge in [-0.15, -0.1) is 0 Å². The highest BCUT2D eigenvalue weighted by Gasteiger charge is 2.33. The predicted molar refractivity (Wildman–Crippen MR) is 137 cm³/mol. The van der Waals surface area contributed by atoms with Crippen LogP contribution in [0.15, 0.2) is 53.9 Å². The average Bonchev–Trinajstić information content (AvgIpc) is 3.26. The van der Waals surface area contributed by atoms with E-state index in [0.29, 0.717) is 47.8 Å². The fourth-order valence-electron chi connectivity index (χ4n) is 4.79. The molecule has 4 heterocycles. The summed E-state index contributed by atoms with van der Waals surface area (Å²) in [5, 5.41) is 5.69. The van der Waals surface area contributed by atoms with Crippen LogP contribution in [0.25, 0.3) is 22.3 Å². The summed E-state index contributed by atoms with van der Waals surface area (Å²) in [5.74, 6) is 1.79. The first-order chi connectivity index (χ1) is 17.6. The Labute approximate surface area is 208 Å². The van der Waals surface area contributed by atoms with Crippen LogP contribution in [-0.4, -0.2) is 55.4 Å². The van der Waals surface area contributed by atoms with Gasteiger partial charge in [0.25, 0.3) is 0 Å². The molecule has 184 valence electrons. The van der Waals surface area contributed by atoms with Gasteiger partial charge in [-0.3, -0.25) is 0 Å². The maximum atomic E-state index is 6.35. The molecule has 0 radical (unpaired) electrons. The summed E-state index contributed by atoms with van der Waals surface area (Å²) < 4.78 is 13.3. The van der Waals surface area contributed by atoms with E-state index in [2.05, 4.69) is 32.8 Å². The standard InChI is InChI=1S/C26H28N8O2/c1-16(25-31-20-9-4-3-6-18(20)13-36-15-33(25)19-7-5-8-19)34-26-22(24(27)29-14-30-26)23(32-34)17-10-11-21(35-2)28-12-17/h3-4,6,9-12,14,16,19H,5,7-8,13,15H2,1-2H3,(H2,27,29,30). The lowest BCUT2D eigenvalue weighted by atomic mass is 9.91. The van der Waals surface area contributed by atoms with Crippen LogP contribution in [0.3, 0.4) is 0 Å². The van der Waals surface area contributed by atoms with Crippen molar-refractivity contribution in [2.24, 2.45) is 4.99 Å². The van der Waals surface area contributed by atoms with E-state index in [4.69, 9.17) is 25.3 Å². The quantitative estimate of drug-likeness (QED) is 0.450. The van der Waals surface area contributed by atoms with Crippen LogP contribution in [0, 0.1) is 0 Å². The van der Waals surface area contributed by atoms with Gasteiger partial charge in [-0.05, 0) is 38.3 Å². The molecule has 0 spiro atoms. The number of nitrogen functional groups attached to an aromatic ring is 1. The zero-order valence-corrected chi connectivity index (χ0v) is 20.3. The number of rotatable bonds is 5. The lowest BCUT2D eigenvalue weighted by Crippen LogP contribution is -2.48. The lowest BCUT2D eigenvalue weighted by molar-refractivity contribution is 0.0154.